The molecule has 1 amide bonds. The van der Waals surface area contributed by atoms with Gasteiger partial charge in [-0.1, -0.05) is 28.1 Å². The van der Waals surface area contributed by atoms with Gasteiger partial charge in [0.05, 0.1) is 6.54 Å². The average molecular weight is 358 g/mol. The highest BCUT2D eigenvalue weighted by Crippen LogP contribution is 2.31. The summed E-state index contributed by atoms with van der Waals surface area (Å²) in [6.45, 7) is 6.05. The van der Waals surface area contributed by atoms with Crippen LogP contribution >= 0.6 is 15.9 Å². The average Bonchev–Trinajstić information content (AvgIpc) is 2.38. The number of benzene rings is 1. The van der Waals surface area contributed by atoms with Crippen molar-refractivity contribution in [3.63, 3.8) is 0 Å². The van der Waals surface area contributed by atoms with Crippen LogP contribution in [-0.2, 0) is 4.74 Å². The van der Waals surface area contributed by atoms with Gasteiger partial charge in [0.2, 0.25) is 0 Å². The third-order valence-electron chi connectivity index (χ3n) is 3.49. The normalized spacial score (nSPS) is 23.0. The van der Waals surface area contributed by atoms with Crippen LogP contribution in [0.15, 0.2) is 28.7 Å². The standard InChI is InChI=1S/C16H21BrFNO2/c1-16(2,3)21-15(20)19-9-8-13(14(18)10-19)11-4-6-12(17)7-5-11/h4-7,13-14H,8-10H2,1-3H3/t13-,14+/m1/s1. The van der Waals surface area contributed by atoms with Crippen LogP contribution in [0.5, 0.6) is 0 Å². The smallest absolute Gasteiger partial charge is 0.410 e. The van der Waals surface area contributed by atoms with Crippen LogP contribution in [0.25, 0.3) is 0 Å². The van der Waals surface area contributed by atoms with Gasteiger partial charge in [-0.3, -0.25) is 0 Å². The van der Waals surface area contributed by atoms with E-state index in [-0.39, 0.29) is 12.5 Å². The molecule has 1 aliphatic rings. The Hall–Kier alpha value is -1.10. The highest BCUT2D eigenvalue weighted by molar-refractivity contribution is 9.10. The second kappa shape index (κ2) is 6.34. The van der Waals surface area contributed by atoms with Crippen molar-refractivity contribution in [1.82, 2.24) is 4.90 Å². The Morgan fingerprint density at radius 2 is 1.95 bits per heavy atom. The predicted molar refractivity (Wildman–Crippen MR) is 84.2 cm³/mol. The molecule has 116 valence electrons. The minimum absolute atomic E-state index is 0.0929. The zero-order chi connectivity index (χ0) is 15.6. The van der Waals surface area contributed by atoms with E-state index in [0.29, 0.717) is 13.0 Å². The van der Waals surface area contributed by atoms with Gasteiger partial charge in [-0.25, -0.2) is 9.18 Å². The van der Waals surface area contributed by atoms with Gasteiger partial charge in [-0.05, 0) is 44.9 Å². The first-order valence-corrected chi connectivity index (χ1v) is 7.93. The molecule has 1 aromatic carbocycles. The lowest BCUT2D eigenvalue weighted by molar-refractivity contribution is 0.0111. The first kappa shape index (κ1) is 16.3. The molecule has 5 heteroatoms. The van der Waals surface area contributed by atoms with Crippen molar-refractivity contribution < 1.29 is 13.9 Å². The van der Waals surface area contributed by atoms with E-state index in [1.165, 1.54) is 4.90 Å². The number of carbonyl (C=O) groups excluding carboxylic acids is 1. The minimum Gasteiger partial charge on any atom is -0.444 e. The molecule has 1 aromatic rings. The highest BCUT2D eigenvalue weighted by atomic mass is 79.9. The lowest BCUT2D eigenvalue weighted by Gasteiger charge is -2.35. The van der Waals surface area contributed by atoms with E-state index in [0.717, 1.165) is 10.0 Å². The Kier molecular flexibility index (Phi) is 4.91. The molecule has 0 aromatic heterocycles. The first-order chi connectivity index (χ1) is 9.76. The maximum absolute atomic E-state index is 14.4. The molecule has 1 fully saturated rings. The quantitative estimate of drug-likeness (QED) is 0.739. The van der Waals surface area contributed by atoms with Crippen molar-refractivity contribution >= 4 is 22.0 Å². The molecule has 0 bridgehead atoms. The molecule has 3 nitrogen and oxygen atoms in total. The van der Waals surface area contributed by atoms with Crippen LogP contribution in [-0.4, -0.2) is 35.9 Å². The third-order valence-corrected chi connectivity index (χ3v) is 4.02. The van der Waals surface area contributed by atoms with Gasteiger partial charge in [0, 0.05) is 16.9 Å². The van der Waals surface area contributed by atoms with E-state index >= 15 is 0 Å². The van der Waals surface area contributed by atoms with Gasteiger partial charge in [0.1, 0.15) is 11.8 Å². The number of nitrogens with zero attached hydrogens (tertiary/aromatic N) is 1. The SMILES string of the molecule is CC(C)(C)OC(=O)N1CC[C@H](c2ccc(Br)cc2)[C@@H](F)C1. The van der Waals surface area contributed by atoms with Crippen molar-refractivity contribution in [2.45, 2.75) is 44.9 Å². The van der Waals surface area contributed by atoms with E-state index in [2.05, 4.69) is 15.9 Å². The second-order valence-electron chi connectivity index (χ2n) is 6.39. The Balaban J connectivity index is 1.99. The maximum atomic E-state index is 14.4. The Bertz CT molecular complexity index is 498. The molecule has 2 rings (SSSR count). The van der Waals surface area contributed by atoms with E-state index in [1.54, 1.807) is 0 Å². The summed E-state index contributed by atoms with van der Waals surface area (Å²) in [6.07, 6.45) is -0.881. The van der Waals surface area contributed by atoms with Crippen LogP contribution < -0.4 is 0 Å². The fraction of sp³-hybridized carbons (Fsp3) is 0.562. The summed E-state index contributed by atoms with van der Waals surface area (Å²) < 4.78 is 20.7. The van der Waals surface area contributed by atoms with E-state index in [9.17, 15) is 9.18 Å². The van der Waals surface area contributed by atoms with E-state index in [4.69, 9.17) is 4.74 Å². The largest absolute Gasteiger partial charge is 0.444 e. The van der Waals surface area contributed by atoms with Crippen LogP contribution in [0.4, 0.5) is 9.18 Å². The van der Waals surface area contributed by atoms with Crippen molar-refractivity contribution in [3.05, 3.63) is 34.3 Å². The zero-order valence-corrected chi connectivity index (χ0v) is 14.2. The summed E-state index contributed by atoms with van der Waals surface area (Å²) in [6, 6.07) is 7.71. The summed E-state index contributed by atoms with van der Waals surface area (Å²) >= 11 is 3.38. The number of halogens is 2. The van der Waals surface area contributed by atoms with Crippen LogP contribution in [0.1, 0.15) is 38.7 Å². The Morgan fingerprint density at radius 1 is 1.33 bits per heavy atom. The van der Waals surface area contributed by atoms with Gasteiger partial charge >= 0.3 is 6.09 Å². The fourth-order valence-electron chi connectivity index (χ4n) is 2.48. The molecule has 1 saturated heterocycles. The van der Waals surface area contributed by atoms with Gasteiger partial charge in [0.15, 0.2) is 0 Å². The lowest BCUT2D eigenvalue weighted by Crippen LogP contribution is -2.46. The summed E-state index contributed by atoms with van der Waals surface area (Å²) in [7, 11) is 0. The molecular formula is C16H21BrFNO2. The second-order valence-corrected chi connectivity index (χ2v) is 7.30. The molecule has 1 aliphatic heterocycles. The van der Waals surface area contributed by atoms with Crippen LogP contribution in [0.3, 0.4) is 0 Å². The number of hydrogen-bond donors (Lipinski definition) is 0. The van der Waals surface area contributed by atoms with Gasteiger partial charge in [-0.2, -0.15) is 0 Å². The minimum atomic E-state index is -1.06. The highest BCUT2D eigenvalue weighted by Gasteiger charge is 2.34. The summed E-state index contributed by atoms with van der Waals surface area (Å²) in [5, 5.41) is 0. The molecule has 0 saturated carbocycles. The number of rotatable bonds is 1. The number of carbonyl (C=O) groups is 1. The molecule has 0 unspecified atom stereocenters. The van der Waals surface area contributed by atoms with Gasteiger partial charge in [-0.15, -0.1) is 0 Å². The van der Waals surface area contributed by atoms with Crippen molar-refractivity contribution in [2.75, 3.05) is 13.1 Å². The molecule has 0 aliphatic carbocycles. The number of amides is 1. The molecule has 0 radical (unpaired) electrons. The van der Waals surface area contributed by atoms with Crippen LogP contribution in [0.2, 0.25) is 0 Å². The fourth-order valence-corrected chi connectivity index (χ4v) is 2.75. The number of likely N-dealkylation sites (tertiary alicyclic amines) is 1. The number of ether oxygens (including phenoxy) is 1. The summed E-state index contributed by atoms with van der Waals surface area (Å²) in [5.74, 6) is -0.156. The molecule has 0 spiro atoms. The van der Waals surface area contributed by atoms with Crippen molar-refractivity contribution in [2.24, 2.45) is 0 Å². The predicted octanol–water partition coefficient (Wildman–Crippen LogP) is 4.51. The summed E-state index contributed by atoms with van der Waals surface area (Å²) in [5.41, 5.74) is 0.431. The van der Waals surface area contributed by atoms with E-state index in [1.807, 2.05) is 45.0 Å². The molecular weight excluding hydrogens is 337 g/mol. The summed E-state index contributed by atoms with van der Waals surface area (Å²) in [4.78, 5) is 13.4. The number of alkyl halides is 1. The van der Waals surface area contributed by atoms with Gasteiger partial charge < -0.3 is 9.64 Å². The monoisotopic (exact) mass is 357 g/mol. The van der Waals surface area contributed by atoms with Crippen molar-refractivity contribution in [1.29, 1.82) is 0 Å². The topological polar surface area (TPSA) is 29.5 Å². The zero-order valence-electron chi connectivity index (χ0n) is 12.6. The molecule has 21 heavy (non-hydrogen) atoms. The number of hydrogen-bond acceptors (Lipinski definition) is 2. The van der Waals surface area contributed by atoms with E-state index < -0.39 is 17.9 Å². The first-order valence-electron chi connectivity index (χ1n) is 7.14. The van der Waals surface area contributed by atoms with Crippen LogP contribution in [0, 0.1) is 0 Å². The molecule has 2 atom stereocenters. The van der Waals surface area contributed by atoms with Crippen molar-refractivity contribution in [3.8, 4) is 0 Å². The lowest BCUT2D eigenvalue weighted by atomic mass is 9.88. The third kappa shape index (κ3) is 4.43. The van der Waals surface area contributed by atoms with Gasteiger partial charge in [0.25, 0.3) is 0 Å². The number of piperidine rings is 1. The maximum Gasteiger partial charge on any atom is 0.410 e. The Labute approximate surface area is 133 Å². The Morgan fingerprint density at radius 3 is 2.48 bits per heavy atom. The molecule has 1 heterocycles. The molecule has 0 N–H and O–H groups in total.